The summed E-state index contributed by atoms with van der Waals surface area (Å²) in [5.41, 5.74) is -0.176. The Morgan fingerprint density at radius 3 is 2.77 bits per heavy atom. The molecular formula is C15H12ClF3N4O3. The van der Waals surface area contributed by atoms with Crippen LogP contribution in [0.4, 0.5) is 18.9 Å². The molecule has 1 aliphatic heterocycles. The lowest BCUT2D eigenvalue weighted by Crippen LogP contribution is -2.36. The van der Waals surface area contributed by atoms with Crippen molar-refractivity contribution >= 4 is 17.3 Å². The van der Waals surface area contributed by atoms with Crippen molar-refractivity contribution in [2.24, 2.45) is 0 Å². The Kier molecular flexibility index (Phi) is 4.72. The molecule has 1 aliphatic rings. The largest absolute Gasteiger partial charge is 0.449 e. The van der Waals surface area contributed by atoms with Gasteiger partial charge in [0.1, 0.15) is 0 Å². The number of nitro groups is 1. The summed E-state index contributed by atoms with van der Waals surface area (Å²) in [5, 5.41) is 11.2. The smallest absolute Gasteiger partial charge is 0.303 e. The summed E-state index contributed by atoms with van der Waals surface area (Å²) in [5.74, 6) is -1.34. The fraction of sp³-hybridized carbons (Fsp3) is 0.333. The van der Waals surface area contributed by atoms with Gasteiger partial charge in [-0.05, 0) is 18.1 Å². The minimum absolute atomic E-state index is 0.0152. The van der Waals surface area contributed by atoms with Crippen molar-refractivity contribution in [3.63, 3.8) is 0 Å². The van der Waals surface area contributed by atoms with Gasteiger partial charge in [-0.15, -0.1) is 0 Å². The van der Waals surface area contributed by atoms with Crippen molar-refractivity contribution in [2.45, 2.75) is 25.7 Å². The first-order chi connectivity index (χ1) is 12.1. The molecule has 1 N–H and O–H groups in total. The van der Waals surface area contributed by atoms with Crippen LogP contribution in [0.2, 0.25) is 5.02 Å². The van der Waals surface area contributed by atoms with Crippen LogP contribution in [0.25, 0.3) is 0 Å². The van der Waals surface area contributed by atoms with Crippen LogP contribution in [0.15, 0.2) is 23.0 Å². The van der Waals surface area contributed by atoms with Crippen molar-refractivity contribution in [1.82, 2.24) is 14.9 Å². The van der Waals surface area contributed by atoms with Crippen molar-refractivity contribution in [3.05, 3.63) is 66.3 Å². The van der Waals surface area contributed by atoms with Gasteiger partial charge in [-0.3, -0.25) is 19.8 Å². The van der Waals surface area contributed by atoms with Crippen LogP contribution in [0.1, 0.15) is 22.6 Å². The molecule has 11 heteroatoms. The Hall–Kier alpha value is -2.46. The van der Waals surface area contributed by atoms with Crippen molar-refractivity contribution < 1.29 is 18.1 Å². The molecule has 0 bridgehead atoms. The van der Waals surface area contributed by atoms with Gasteiger partial charge in [0.15, 0.2) is 0 Å². The van der Waals surface area contributed by atoms with E-state index in [4.69, 9.17) is 11.6 Å². The minimum Gasteiger partial charge on any atom is -0.303 e. The van der Waals surface area contributed by atoms with Crippen molar-refractivity contribution in [1.29, 1.82) is 0 Å². The Bertz CT molecular complexity index is 929. The molecule has 26 heavy (non-hydrogen) atoms. The molecule has 0 atom stereocenters. The summed E-state index contributed by atoms with van der Waals surface area (Å²) in [6.45, 7) is 0.597. The number of hydrogen-bond donors (Lipinski definition) is 1. The van der Waals surface area contributed by atoms with Gasteiger partial charge in [0, 0.05) is 42.4 Å². The molecule has 0 amide bonds. The fourth-order valence-corrected chi connectivity index (χ4v) is 2.98. The van der Waals surface area contributed by atoms with Gasteiger partial charge in [0.05, 0.1) is 10.6 Å². The molecule has 1 aromatic heterocycles. The molecule has 0 saturated carbocycles. The average molecular weight is 389 g/mol. The lowest BCUT2D eigenvalue weighted by molar-refractivity contribution is -0.384. The van der Waals surface area contributed by atoms with E-state index in [1.54, 1.807) is 9.88 Å². The Morgan fingerprint density at radius 2 is 2.12 bits per heavy atom. The zero-order chi connectivity index (χ0) is 19.1. The van der Waals surface area contributed by atoms with Gasteiger partial charge < -0.3 is 4.98 Å². The summed E-state index contributed by atoms with van der Waals surface area (Å²) < 4.78 is 38.5. The maximum atomic E-state index is 12.8. The minimum atomic E-state index is -4.75. The van der Waals surface area contributed by atoms with E-state index in [9.17, 15) is 28.1 Å². The highest BCUT2D eigenvalue weighted by Gasteiger charge is 2.36. The first-order valence-electron chi connectivity index (χ1n) is 7.49. The number of aromatic nitrogens is 2. The second-order valence-corrected chi connectivity index (χ2v) is 6.24. The zero-order valence-corrected chi connectivity index (χ0v) is 13.9. The number of nitrogens with zero attached hydrogens (tertiary/aromatic N) is 3. The van der Waals surface area contributed by atoms with E-state index in [2.05, 4.69) is 4.98 Å². The van der Waals surface area contributed by atoms with Gasteiger partial charge in [0.25, 0.3) is 11.2 Å². The van der Waals surface area contributed by atoms with E-state index >= 15 is 0 Å². The number of H-pyrrole nitrogens is 1. The molecular weight excluding hydrogens is 377 g/mol. The molecule has 138 valence electrons. The van der Waals surface area contributed by atoms with Gasteiger partial charge in [0.2, 0.25) is 5.82 Å². The molecule has 3 rings (SSSR count). The van der Waals surface area contributed by atoms with Gasteiger partial charge in [-0.25, -0.2) is 4.98 Å². The number of halogens is 4. The topological polar surface area (TPSA) is 92.1 Å². The molecule has 0 spiro atoms. The molecule has 2 heterocycles. The third kappa shape index (κ3) is 3.70. The number of non-ortho nitro benzene ring substituents is 1. The molecule has 0 saturated heterocycles. The number of fused-ring (bicyclic) bond motifs is 1. The van der Waals surface area contributed by atoms with Crippen LogP contribution in [-0.4, -0.2) is 26.3 Å². The molecule has 7 nitrogen and oxygen atoms in total. The Balaban J connectivity index is 1.87. The summed E-state index contributed by atoms with van der Waals surface area (Å²) >= 11 is 6.06. The second-order valence-electron chi connectivity index (χ2n) is 5.83. The Labute approximate surface area is 149 Å². The monoisotopic (exact) mass is 388 g/mol. The molecule has 0 aliphatic carbocycles. The molecule has 0 fully saturated rings. The number of nitrogens with one attached hydrogen (secondary N) is 1. The Morgan fingerprint density at radius 1 is 1.38 bits per heavy atom. The van der Waals surface area contributed by atoms with Crippen LogP contribution in [0.3, 0.4) is 0 Å². The zero-order valence-electron chi connectivity index (χ0n) is 13.1. The third-order valence-corrected chi connectivity index (χ3v) is 4.42. The number of aromatic amines is 1. The third-order valence-electron chi connectivity index (χ3n) is 4.06. The van der Waals surface area contributed by atoms with Crippen LogP contribution in [0, 0.1) is 10.1 Å². The number of alkyl halides is 3. The first-order valence-corrected chi connectivity index (χ1v) is 7.87. The van der Waals surface area contributed by atoms with Crippen LogP contribution in [0.5, 0.6) is 0 Å². The quantitative estimate of drug-likeness (QED) is 0.644. The van der Waals surface area contributed by atoms with Crippen LogP contribution in [-0.2, 0) is 25.7 Å². The first kappa shape index (κ1) is 18.3. The summed E-state index contributed by atoms with van der Waals surface area (Å²) in [4.78, 5) is 29.2. The van der Waals surface area contributed by atoms with Gasteiger partial charge in [-0.1, -0.05) is 11.6 Å². The average Bonchev–Trinajstić information content (AvgIpc) is 2.55. The molecule has 2 aromatic rings. The van der Waals surface area contributed by atoms with Crippen molar-refractivity contribution in [3.8, 4) is 0 Å². The van der Waals surface area contributed by atoms with Crippen molar-refractivity contribution in [2.75, 3.05) is 6.54 Å². The van der Waals surface area contributed by atoms with Crippen LogP contribution >= 0.6 is 11.6 Å². The molecule has 1 aromatic carbocycles. The highest BCUT2D eigenvalue weighted by atomic mass is 35.5. The van der Waals surface area contributed by atoms with E-state index in [0.29, 0.717) is 17.1 Å². The van der Waals surface area contributed by atoms with E-state index in [1.807, 2.05) is 0 Å². The SMILES string of the molecule is O=c1[nH]c(C(F)(F)F)nc2c1CCN(Cc1cc([N+](=O)[O-])ccc1Cl)C2. The lowest BCUT2D eigenvalue weighted by atomic mass is 10.1. The normalized spacial score (nSPS) is 14.9. The predicted octanol–water partition coefficient (Wildman–Crippen LogP) is 2.91. The van der Waals surface area contributed by atoms with Gasteiger partial charge in [-0.2, -0.15) is 13.2 Å². The van der Waals surface area contributed by atoms with Gasteiger partial charge >= 0.3 is 6.18 Å². The summed E-state index contributed by atoms with van der Waals surface area (Å²) in [7, 11) is 0. The lowest BCUT2D eigenvalue weighted by Gasteiger charge is -2.28. The summed E-state index contributed by atoms with van der Waals surface area (Å²) in [6, 6.07) is 4.00. The number of hydrogen-bond acceptors (Lipinski definition) is 5. The highest BCUT2D eigenvalue weighted by Crippen LogP contribution is 2.28. The highest BCUT2D eigenvalue weighted by molar-refractivity contribution is 6.31. The number of nitro benzene ring substituents is 1. The number of benzene rings is 1. The van der Waals surface area contributed by atoms with E-state index in [-0.39, 0.29) is 36.5 Å². The summed E-state index contributed by atoms with van der Waals surface area (Å²) in [6.07, 6.45) is -4.53. The number of rotatable bonds is 3. The fourth-order valence-electron chi connectivity index (χ4n) is 2.80. The van der Waals surface area contributed by atoms with E-state index in [1.165, 1.54) is 18.2 Å². The van der Waals surface area contributed by atoms with E-state index < -0.39 is 22.5 Å². The predicted molar refractivity (Wildman–Crippen MR) is 85.8 cm³/mol. The molecule has 0 unspecified atom stereocenters. The second kappa shape index (κ2) is 6.69. The molecule has 0 radical (unpaired) electrons. The standard InChI is InChI=1S/C15H12ClF3N4O3/c16-11-2-1-9(23(25)26)5-8(11)6-22-4-3-10-12(7-22)20-14(15(17,18)19)21-13(10)24/h1-2,5H,3-4,6-7H2,(H,20,21,24). The maximum absolute atomic E-state index is 12.8. The van der Waals surface area contributed by atoms with E-state index in [0.717, 1.165) is 0 Å². The maximum Gasteiger partial charge on any atom is 0.449 e. The van der Waals surface area contributed by atoms with Crippen LogP contribution < -0.4 is 5.56 Å².